The Kier molecular flexibility index (Phi) is 3.83. The van der Waals surface area contributed by atoms with E-state index in [4.69, 9.17) is 5.26 Å². The predicted molar refractivity (Wildman–Crippen MR) is 62.5 cm³/mol. The van der Waals surface area contributed by atoms with Gasteiger partial charge in [0.25, 0.3) is 0 Å². The number of hydrogen-bond acceptors (Lipinski definition) is 3. The average Bonchev–Trinajstić information content (AvgIpc) is 2.14. The van der Waals surface area contributed by atoms with Crippen molar-refractivity contribution in [2.75, 3.05) is 6.26 Å². The summed E-state index contributed by atoms with van der Waals surface area (Å²) in [6.07, 6.45) is 1.91. The van der Waals surface area contributed by atoms with Crippen LogP contribution in [0.4, 0.5) is 4.39 Å². The molecule has 0 saturated carbocycles. The second-order valence-corrected chi connectivity index (χ2v) is 5.96. The summed E-state index contributed by atoms with van der Waals surface area (Å²) in [6.45, 7) is 0. The summed E-state index contributed by atoms with van der Waals surface area (Å²) in [5.74, 6) is -0.592. The topological polar surface area (TPSA) is 57.9 Å². The van der Waals surface area contributed by atoms with Gasteiger partial charge in [0, 0.05) is 16.3 Å². The maximum atomic E-state index is 13.4. The maximum absolute atomic E-state index is 13.4. The molecule has 0 radical (unpaired) electrons. The first-order chi connectivity index (χ1) is 7.34. The van der Waals surface area contributed by atoms with Gasteiger partial charge in [0.15, 0.2) is 9.84 Å². The normalized spacial score (nSPS) is 12.2. The van der Waals surface area contributed by atoms with Gasteiger partial charge in [0.05, 0.1) is 0 Å². The highest BCUT2D eigenvalue weighted by Gasteiger charge is 2.11. The minimum atomic E-state index is -3.62. The zero-order valence-corrected chi connectivity index (χ0v) is 10.6. The molecule has 16 heavy (non-hydrogen) atoms. The van der Waals surface area contributed by atoms with Crippen LogP contribution in [-0.4, -0.2) is 14.7 Å². The SMILES string of the molecule is CS(=O)(=O)C(C#N)=Cc1ccc(Br)cc1F. The Morgan fingerprint density at radius 1 is 1.56 bits per heavy atom. The van der Waals surface area contributed by atoms with Gasteiger partial charge < -0.3 is 0 Å². The summed E-state index contributed by atoms with van der Waals surface area (Å²) in [7, 11) is -3.62. The van der Waals surface area contributed by atoms with Gasteiger partial charge in [0.2, 0.25) is 0 Å². The number of hydrogen-bond donors (Lipinski definition) is 0. The van der Waals surface area contributed by atoms with Gasteiger partial charge in [-0.1, -0.05) is 22.0 Å². The van der Waals surface area contributed by atoms with Crippen LogP contribution in [0.3, 0.4) is 0 Å². The van der Waals surface area contributed by atoms with Crippen molar-refractivity contribution in [1.29, 1.82) is 5.26 Å². The lowest BCUT2D eigenvalue weighted by atomic mass is 10.2. The number of benzene rings is 1. The van der Waals surface area contributed by atoms with Crippen molar-refractivity contribution in [1.82, 2.24) is 0 Å². The van der Waals surface area contributed by atoms with Gasteiger partial charge in [-0.3, -0.25) is 0 Å². The van der Waals surface area contributed by atoms with Gasteiger partial charge in [-0.15, -0.1) is 0 Å². The van der Waals surface area contributed by atoms with Gasteiger partial charge in [0.1, 0.15) is 16.8 Å². The largest absolute Gasteiger partial charge is 0.223 e. The van der Waals surface area contributed by atoms with Gasteiger partial charge in [-0.05, 0) is 18.2 Å². The summed E-state index contributed by atoms with van der Waals surface area (Å²) in [6, 6.07) is 5.68. The molecule has 3 nitrogen and oxygen atoms in total. The molecule has 0 aliphatic carbocycles. The van der Waals surface area contributed by atoms with Crippen molar-refractivity contribution in [3.8, 4) is 6.07 Å². The number of nitrogens with zero attached hydrogens (tertiary/aromatic N) is 1. The first kappa shape index (κ1) is 12.9. The fraction of sp³-hybridized carbons (Fsp3) is 0.100. The zero-order valence-electron chi connectivity index (χ0n) is 8.24. The molecule has 0 N–H and O–H groups in total. The van der Waals surface area contributed by atoms with Crippen LogP contribution in [0, 0.1) is 17.1 Å². The molecule has 1 aromatic carbocycles. The Morgan fingerprint density at radius 3 is 2.62 bits per heavy atom. The maximum Gasteiger partial charge on any atom is 0.185 e. The van der Waals surface area contributed by atoms with Crippen molar-refractivity contribution in [3.63, 3.8) is 0 Å². The lowest BCUT2D eigenvalue weighted by molar-refractivity contribution is 0.609. The molecule has 0 spiro atoms. The average molecular weight is 304 g/mol. The van der Waals surface area contributed by atoms with Gasteiger partial charge in [-0.25, -0.2) is 12.8 Å². The summed E-state index contributed by atoms with van der Waals surface area (Å²) >= 11 is 3.08. The number of halogens is 2. The monoisotopic (exact) mass is 303 g/mol. The fourth-order valence-corrected chi connectivity index (χ4v) is 1.82. The second kappa shape index (κ2) is 4.76. The van der Waals surface area contributed by atoms with E-state index in [0.717, 1.165) is 12.3 Å². The van der Waals surface area contributed by atoms with Gasteiger partial charge in [-0.2, -0.15) is 5.26 Å². The summed E-state index contributed by atoms with van der Waals surface area (Å²) in [4.78, 5) is -0.464. The molecular weight excluding hydrogens is 297 g/mol. The summed E-state index contributed by atoms with van der Waals surface area (Å²) in [5.41, 5.74) is 0.0603. The first-order valence-electron chi connectivity index (χ1n) is 4.11. The first-order valence-corrected chi connectivity index (χ1v) is 6.80. The van der Waals surface area contributed by atoms with Crippen LogP contribution < -0.4 is 0 Å². The number of nitriles is 1. The van der Waals surface area contributed by atoms with Crippen LogP contribution in [0.2, 0.25) is 0 Å². The highest BCUT2D eigenvalue weighted by Crippen LogP contribution is 2.18. The van der Waals surface area contributed by atoms with E-state index in [1.165, 1.54) is 18.2 Å². The van der Waals surface area contributed by atoms with E-state index >= 15 is 0 Å². The highest BCUT2D eigenvalue weighted by atomic mass is 79.9. The molecule has 0 aromatic heterocycles. The van der Waals surface area contributed by atoms with E-state index in [1.54, 1.807) is 6.07 Å². The molecular formula is C10H7BrFNO2S. The Labute approximate surface area is 101 Å². The third-order valence-corrected chi connectivity index (χ3v) is 3.26. The smallest absolute Gasteiger partial charge is 0.185 e. The molecule has 6 heteroatoms. The highest BCUT2D eigenvalue weighted by molar-refractivity contribution is 9.10. The molecule has 0 amide bonds. The minimum absolute atomic E-state index is 0.0603. The van der Waals surface area contributed by atoms with E-state index < -0.39 is 20.6 Å². The molecule has 1 rings (SSSR count). The second-order valence-electron chi connectivity index (χ2n) is 3.06. The van der Waals surface area contributed by atoms with Crippen molar-refractivity contribution >= 4 is 31.8 Å². The third-order valence-electron chi connectivity index (χ3n) is 1.76. The van der Waals surface area contributed by atoms with Gasteiger partial charge >= 0.3 is 0 Å². The molecule has 1 aromatic rings. The molecule has 0 aliphatic heterocycles. The van der Waals surface area contributed by atoms with E-state index in [0.29, 0.717) is 4.47 Å². The van der Waals surface area contributed by atoms with Crippen LogP contribution in [-0.2, 0) is 9.84 Å². The van der Waals surface area contributed by atoms with Crippen molar-refractivity contribution in [2.24, 2.45) is 0 Å². The standard InChI is InChI=1S/C10H7BrFNO2S/c1-16(14,15)9(6-13)4-7-2-3-8(11)5-10(7)12/h2-5H,1H3. The molecule has 0 fully saturated rings. The molecule has 0 atom stereocenters. The van der Waals surface area contributed by atoms with Crippen LogP contribution >= 0.6 is 15.9 Å². The molecule has 0 unspecified atom stereocenters. The third kappa shape index (κ3) is 3.15. The molecule has 0 heterocycles. The zero-order chi connectivity index (χ0) is 12.3. The van der Waals surface area contributed by atoms with E-state index in [-0.39, 0.29) is 5.56 Å². The number of sulfone groups is 1. The van der Waals surface area contributed by atoms with Crippen LogP contribution in [0.5, 0.6) is 0 Å². The summed E-state index contributed by atoms with van der Waals surface area (Å²) in [5, 5.41) is 8.64. The lowest BCUT2D eigenvalue weighted by Gasteiger charge is -1.99. The van der Waals surface area contributed by atoms with Crippen molar-refractivity contribution < 1.29 is 12.8 Å². The van der Waals surface area contributed by atoms with Crippen LogP contribution in [0.15, 0.2) is 27.6 Å². The molecule has 0 aliphatic rings. The van der Waals surface area contributed by atoms with Crippen LogP contribution in [0.1, 0.15) is 5.56 Å². The Hall–Kier alpha value is -1.19. The molecule has 84 valence electrons. The van der Waals surface area contributed by atoms with Crippen LogP contribution in [0.25, 0.3) is 6.08 Å². The minimum Gasteiger partial charge on any atom is -0.223 e. The summed E-state index contributed by atoms with van der Waals surface area (Å²) < 4.78 is 36.1. The molecule has 0 saturated heterocycles. The molecule has 0 bridgehead atoms. The van der Waals surface area contributed by atoms with E-state index in [1.807, 2.05) is 0 Å². The Balaban J connectivity index is 3.32. The Bertz CT molecular complexity index is 587. The van der Waals surface area contributed by atoms with Crippen molar-refractivity contribution in [2.45, 2.75) is 0 Å². The number of allylic oxidation sites excluding steroid dienone is 1. The van der Waals surface area contributed by atoms with Crippen molar-refractivity contribution in [3.05, 3.63) is 39.0 Å². The Morgan fingerprint density at radius 2 is 2.19 bits per heavy atom. The fourth-order valence-electron chi connectivity index (χ4n) is 0.982. The predicted octanol–water partition coefficient (Wildman–Crippen LogP) is 2.50. The van der Waals surface area contributed by atoms with E-state index in [2.05, 4.69) is 15.9 Å². The van der Waals surface area contributed by atoms with E-state index in [9.17, 15) is 12.8 Å². The quantitative estimate of drug-likeness (QED) is 0.789. The lowest BCUT2D eigenvalue weighted by Crippen LogP contribution is -1.98. The number of rotatable bonds is 2.